The lowest BCUT2D eigenvalue weighted by molar-refractivity contribution is -0.270. The molecule has 45 heavy (non-hydrogen) atoms. The number of fused-ring (bicyclic) bond motifs is 4. The van der Waals surface area contributed by atoms with Gasteiger partial charge in [0.25, 0.3) is 5.91 Å². The Morgan fingerprint density at radius 3 is 2.51 bits per heavy atom. The lowest BCUT2D eigenvalue weighted by Crippen LogP contribution is -2.61. The number of aliphatic hydroxyl groups excluding tert-OH is 3. The fourth-order valence-corrected chi connectivity index (χ4v) is 6.16. The van der Waals surface area contributed by atoms with Gasteiger partial charge in [-0.25, -0.2) is 4.79 Å². The first-order chi connectivity index (χ1) is 21.6. The van der Waals surface area contributed by atoms with Crippen LogP contribution < -0.4 is 14.4 Å². The predicted octanol–water partition coefficient (Wildman–Crippen LogP) is 2.52. The minimum atomic E-state index is -1.86. The Bertz CT molecular complexity index is 1740. The normalized spacial score (nSPS) is 24.7. The number of aromatic amines is 1. The zero-order valence-corrected chi connectivity index (χ0v) is 25.3. The lowest BCUT2D eigenvalue weighted by atomic mass is 9.95. The van der Waals surface area contributed by atoms with Crippen molar-refractivity contribution >= 4 is 50.8 Å². The number of carboxylic acid groups (broad SMARTS) is 1. The molecule has 12 nitrogen and oxygen atoms in total. The number of anilines is 1. The molecule has 1 fully saturated rings. The quantitative estimate of drug-likeness (QED) is 0.172. The Kier molecular flexibility index (Phi) is 8.61. The highest BCUT2D eigenvalue weighted by atomic mass is 35.5. The number of ether oxygens (including phenoxy) is 3. The van der Waals surface area contributed by atoms with Crippen molar-refractivity contribution < 1.29 is 44.2 Å². The van der Waals surface area contributed by atoms with Gasteiger partial charge in [-0.15, -0.1) is 11.6 Å². The number of carbonyl (C=O) groups excluding carboxylic acids is 1. The fraction of sp³-hybridized carbons (Fsp3) is 0.375. The van der Waals surface area contributed by atoms with Crippen molar-refractivity contribution in [1.82, 2.24) is 9.88 Å². The molecule has 3 heterocycles. The average molecular weight is 640 g/mol. The van der Waals surface area contributed by atoms with Crippen LogP contribution in [-0.2, 0) is 9.53 Å². The van der Waals surface area contributed by atoms with Gasteiger partial charge in [-0.3, -0.25) is 4.79 Å². The number of carbonyl (C=O) groups is 2. The second kappa shape index (κ2) is 12.5. The second-order valence-corrected chi connectivity index (χ2v) is 11.9. The Labute approximate surface area is 263 Å². The number of hydrogen-bond donors (Lipinski definition) is 5. The number of amides is 1. The van der Waals surface area contributed by atoms with Crippen molar-refractivity contribution in [2.24, 2.45) is 0 Å². The third-order valence-corrected chi connectivity index (χ3v) is 8.62. The number of rotatable bonds is 9. The molecule has 0 unspecified atom stereocenters. The summed E-state index contributed by atoms with van der Waals surface area (Å²) >= 11 is 6.43. The average Bonchev–Trinajstić information content (AvgIpc) is 3.62. The summed E-state index contributed by atoms with van der Waals surface area (Å²) in [5.41, 5.74) is 2.51. The molecule has 1 amide bonds. The molecule has 3 aromatic carbocycles. The summed E-state index contributed by atoms with van der Waals surface area (Å²) in [5.74, 6) is -0.890. The molecule has 1 aromatic heterocycles. The van der Waals surface area contributed by atoms with Crippen LogP contribution in [0.5, 0.6) is 11.5 Å². The van der Waals surface area contributed by atoms with Crippen molar-refractivity contribution in [1.29, 1.82) is 0 Å². The highest BCUT2D eigenvalue weighted by molar-refractivity contribution is 6.19. The maximum Gasteiger partial charge on any atom is 0.335 e. The molecule has 13 heteroatoms. The van der Waals surface area contributed by atoms with Gasteiger partial charge in [-0.1, -0.05) is 24.3 Å². The first-order valence-corrected chi connectivity index (χ1v) is 15.0. The molecule has 2 aliphatic rings. The van der Waals surface area contributed by atoms with Gasteiger partial charge in [-0.2, -0.15) is 0 Å². The van der Waals surface area contributed by atoms with Crippen LogP contribution in [0.25, 0.3) is 21.7 Å². The molecule has 0 aliphatic carbocycles. The summed E-state index contributed by atoms with van der Waals surface area (Å²) in [6, 6.07) is 16.3. The number of carboxylic acids is 1. The number of hydrogen-bond acceptors (Lipinski definition) is 9. The summed E-state index contributed by atoms with van der Waals surface area (Å²) in [6.07, 6.45) is -8.88. The standard InChI is InChI=1S/C32H34ClN3O9/c1-35(2)9-10-43-18-7-8-21-16(11-18)12-22(34-21)30(40)36-15-17(14-33)25-20-6-4-3-5-19(20)24(13-23(25)36)44-32-28(39)26(37)27(38)29(45-32)31(41)42/h3-8,11-13,17,26-29,32,34,37-39H,9-10,14-15H2,1-2H3,(H,41,42)/t17-,26+,27+,28-,29+,32+/m1/s1. The van der Waals surface area contributed by atoms with Gasteiger partial charge in [0.15, 0.2) is 6.10 Å². The molecule has 2 aliphatic heterocycles. The lowest BCUT2D eigenvalue weighted by Gasteiger charge is -2.38. The highest BCUT2D eigenvalue weighted by Gasteiger charge is 2.48. The van der Waals surface area contributed by atoms with Gasteiger partial charge in [0.2, 0.25) is 6.29 Å². The van der Waals surface area contributed by atoms with Crippen molar-refractivity contribution in [2.45, 2.75) is 36.6 Å². The molecular formula is C32H34ClN3O9. The molecule has 0 spiro atoms. The van der Waals surface area contributed by atoms with Crippen molar-refractivity contribution in [3.8, 4) is 11.5 Å². The van der Waals surface area contributed by atoms with Gasteiger partial charge < -0.3 is 49.4 Å². The number of H-pyrrole nitrogens is 1. The summed E-state index contributed by atoms with van der Waals surface area (Å²) in [4.78, 5) is 32.5. The first kappa shape index (κ1) is 31.1. The molecule has 6 atom stereocenters. The molecule has 6 rings (SSSR count). The number of aliphatic carboxylic acids is 1. The smallest absolute Gasteiger partial charge is 0.335 e. The maximum absolute atomic E-state index is 14.0. The van der Waals surface area contributed by atoms with Crippen LogP contribution in [0.3, 0.4) is 0 Å². The molecule has 0 saturated carbocycles. The highest BCUT2D eigenvalue weighted by Crippen LogP contribution is 2.46. The topological polar surface area (TPSA) is 165 Å². The summed E-state index contributed by atoms with van der Waals surface area (Å²) in [6.45, 7) is 1.59. The number of benzene rings is 3. The fourth-order valence-electron chi connectivity index (χ4n) is 5.91. The second-order valence-electron chi connectivity index (χ2n) is 11.6. The Morgan fingerprint density at radius 2 is 1.80 bits per heavy atom. The molecular weight excluding hydrogens is 606 g/mol. The van der Waals surface area contributed by atoms with E-state index < -0.39 is 36.7 Å². The van der Waals surface area contributed by atoms with E-state index in [9.17, 15) is 30.0 Å². The van der Waals surface area contributed by atoms with Crippen LogP contribution in [0.15, 0.2) is 54.6 Å². The third-order valence-electron chi connectivity index (χ3n) is 8.25. The van der Waals surface area contributed by atoms with Crippen molar-refractivity contribution in [3.05, 3.63) is 65.9 Å². The van der Waals surface area contributed by atoms with Gasteiger partial charge in [0, 0.05) is 47.2 Å². The van der Waals surface area contributed by atoms with Crippen LogP contribution in [-0.4, -0.2) is 113 Å². The largest absolute Gasteiger partial charge is 0.492 e. The van der Waals surface area contributed by atoms with Crippen molar-refractivity contribution in [2.75, 3.05) is 44.6 Å². The monoisotopic (exact) mass is 639 g/mol. The number of alkyl halides is 1. The third kappa shape index (κ3) is 5.81. The summed E-state index contributed by atoms with van der Waals surface area (Å²) in [7, 11) is 3.94. The minimum absolute atomic E-state index is 0.185. The van der Waals surface area contributed by atoms with E-state index in [-0.39, 0.29) is 23.5 Å². The predicted molar refractivity (Wildman–Crippen MR) is 166 cm³/mol. The first-order valence-electron chi connectivity index (χ1n) is 14.5. The minimum Gasteiger partial charge on any atom is -0.492 e. The number of aliphatic hydroxyl groups is 3. The van der Waals surface area contributed by atoms with Gasteiger partial charge in [0.1, 0.15) is 42.1 Å². The van der Waals surface area contributed by atoms with Gasteiger partial charge in [0.05, 0.1) is 5.69 Å². The van der Waals surface area contributed by atoms with E-state index in [0.717, 1.165) is 28.4 Å². The number of nitrogens with zero attached hydrogens (tertiary/aromatic N) is 2. The van der Waals surface area contributed by atoms with E-state index in [4.69, 9.17) is 25.8 Å². The Balaban J connectivity index is 1.35. The van der Waals surface area contributed by atoms with E-state index in [1.807, 2.05) is 49.3 Å². The van der Waals surface area contributed by atoms with Crippen molar-refractivity contribution in [3.63, 3.8) is 0 Å². The summed E-state index contributed by atoms with van der Waals surface area (Å²) < 4.78 is 17.2. The van der Waals surface area contributed by atoms with Crippen LogP contribution in [0.1, 0.15) is 22.0 Å². The number of halogens is 1. The van der Waals surface area contributed by atoms with E-state index >= 15 is 0 Å². The Hall–Kier alpha value is -3.91. The van der Waals surface area contributed by atoms with Gasteiger partial charge >= 0.3 is 5.97 Å². The molecule has 1 saturated heterocycles. The number of aromatic nitrogens is 1. The molecule has 4 aromatic rings. The SMILES string of the molecule is CN(C)CCOc1ccc2[nH]c(C(=O)N3C[C@@H](CCl)c4c3cc(O[C@H]3O[C@H](C(=O)O)[C@@H](O)[C@H](O)[C@H]3O)c3ccccc43)cc2c1. The summed E-state index contributed by atoms with van der Waals surface area (Å²) in [5, 5.41) is 42.7. The number of nitrogens with one attached hydrogen (secondary N) is 1. The zero-order chi connectivity index (χ0) is 32.0. The van der Waals surface area contributed by atoms with E-state index in [0.29, 0.717) is 35.7 Å². The van der Waals surface area contributed by atoms with E-state index in [1.54, 1.807) is 29.2 Å². The molecule has 238 valence electrons. The van der Waals surface area contributed by atoms with E-state index in [2.05, 4.69) is 4.98 Å². The number of likely N-dealkylation sites (N-methyl/N-ethyl adjacent to an activating group) is 1. The van der Waals surface area contributed by atoms with Crippen LogP contribution in [0, 0.1) is 0 Å². The maximum atomic E-state index is 14.0. The molecule has 5 N–H and O–H groups in total. The van der Waals surface area contributed by atoms with Crippen LogP contribution in [0.2, 0.25) is 0 Å². The van der Waals surface area contributed by atoms with E-state index in [1.165, 1.54) is 0 Å². The van der Waals surface area contributed by atoms with Crippen LogP contribution in [0.4, 0.5) is 5.69 Å². The van der Waals surface area contributed by atoms with Gasteiger partial charge in [-0.05, 0) is 49.3 Å². The molecule has 0 bridgehead atoms. The zero-order valence-electron chi connectivity index (χ0n) is 24.6. The Morgan fingerprint density at radius 1 is 1.04 bits per heavy atom. The van der Waals surface area contributed by atoms with Crippen LogP contribution >= 0.6 is 11.6 Å². The molecule has 0 radical (unpaired) electrons.